The van der Waals surface area contributed by atoms with E-state index in [0.717, 1.165) is 30.0 Å². The molecule has 2 N–H and O–H groups in total. The molecule has 1 aliphatic heterocycles. The van der Waals surface area contributed by atoms with Gasteiger partial charge in [0.2, 0.25) is 0 Å². The van der Waals surface area contributed by atoms with Crippen LogP contribution < -0.4 is 0 Å². The van der Waals surface area contributed by atoms with Crippen LogP contribution in [-0.2, 0) is 16.0 Å². The highest BCUT2D eigenvalue weighted by molar-refractivity contribution is 7.10. The van der Waals surface area contributed by atoms with Gasteiger partial charge in [0.05, 0.1) is 6.04 Å². The van der Waals surface area contributed by atoms with Gasteiger partial charge in [-0.1, -0.05) is 6.07 Å². The predicted molar refractivity (Wildman–Crippen MR) is 105 cm³/mol. The Morgan fingerprint density at radius 2 is 2.15 bits per heavy atom. The van der Waals surface area contributed by atoms with Crippen molar-refractivity contribution in [3.63, 3.8) is 0 Å². The molecule has 3 rings (SSSR count). The molecule has 0 radical (unpaired) electrons. The third kappa shape index (κ3) is 4.82. The van der Waals surface area contributed by atoms with Crippen LogP contribution in [-0.4, -0.2) is 50.5 Å². The minimum absolute atomic E-state index is 0.137. The van der Waals surface area contributed by atoms with E-state index in [0.29, 0.717) is 13.0 Å². The fourth-order valence-electron chi connectivity index (χ4n) is 3.33. The Hall–Kier alpha value is -1.61. The summed E-state index contributed by atoms with van der Waals surface area (Å²) in [7, 11) is 0. The van der Waals surface area contributed by atoms with E-state index < -0.39 is 23.9 Å². The monoisotopic (exact) mass is 408 g/mol. The number of hydrogen-bond donors (Lipinski definition) is 2. The van der Waals surface area contributed by atoms with Crippen LogP contribution in [0.25, 0.3) is 0 Å². The number of aliphatic hydroxyl groups is 2. The minimum Gasteiger partial charge on any atom is -0.382 e. The number of Topliss-reactive ketones (excluding diaryl/α,β-unsaturated/α-hetero) is 1. The molecule has 1 amide bonds. The van der Waals surface area contributed by atoms with Gasteiger partial charge in [-0.25, -0.2) is 4.98 Å². The number of hydrogen-bond acceptors (Lipinski definition) is 7. The zero-order valence-corrected chi connectivity index (χ0v) is 16.8. The van der Waals surface area contributed by atoms with Gasteiger partial charge in [-0.2, -0.15) is 0 Å². The maximum atomic E-state index is 12.7. The van der Waals surface area contributed by atoms with Crippen molar-refractivity contribution in [3.05, 3.63) is 38.5 Å². The molecule has 0 aromatic carbocycles. The van der Waals surface area contributed by atoms with Crippen molar-refractivity contribution in [2.24, 2.45) is 0 Å². The smallest absolute Gasteiger partial charge is 0.255 e. The van der Waals surface area contributed by atoms with E-state index in [9.17, 15) is 19.8 Å². The van der Waals surface area contributed by atoms with Gasteiger partial charge in [0, 0.05) is 28.9 Å². The molecule has 146 valence electrons. The zero-order chi connectivity index (χ0) is 19.4. The van der Waals surface area contributed by atoms with Crippen molar-refractivity contribution >= 4 is 34.4 Å². The Labute approximate surface area is 166 Å². The molecule has 1 saturated heterocycles. The number of likely N-dealkylation sites (tertiary alicyclic amines) is 1. The molecule has 2 aromatic rings. The molecular formula is C19H24N2O4S2. The van der Waals surface area contributed by atoms with Crippen LogP contribution in [0.4, 0.5) is 0 Å². The van der Waals surface area contributed by atoms with Gasteiger partial charge >= 0.3 is 0 Å². The highest BCUT2D eigenvalue weighted by atomic mass is 32.1. The van der Waals surface area contributed by atoms with Gasteiger partial charge < -0.3 is 15.1 Å². The summed E-state index contributed by atoms with van der Waals surface area (Å²) in [5.41, 5.74) is 0.899. The van der Waals surface area contributed by atoms with Gasteiger partial charge in [0.15, 0.2) is 11.9 Å². The van der Waals surface area contributed by atoms with E-state index in [4.69, 9.17) is 0 Å². The van der Waals surface area contributed by atoms with Gasteiger partial charge in [0.1, 0.15) is 11.1 Å². The minimum atomic E-state index is -1.72. The first-order chi connectivity index (χ1) is 13.0. The number of nitrogens with zero attached hydrogens (tertiary/aromatic N) is 2. The molecule has 3 heterocycles. The maximum absolute atomic E-state index is 12.7. The molecule has 27 heavy (non-hydrogen) atoms. The zero-order valence-electron chi connectivity index (χ0n) is 15.2. The van der Waals surface area contributed by atoms with Crippen molar-refractivity contribution in [2.75, 3.05) is 6.54 Å². The predicted octanol–water partition coefficient (Wildman–Crippen LogP) is 2.49. The number of aromatic nitrogens is 1. The SMILES string of the molecule is Cc1csc([C@H]2CCCN2C(=O)[C@H](O)[C@@H](O)C(=O)CCCc2cccs2)n1. The Bertz CT molecular complexity index is 775. The lowest BCUT2D eigenvalue weighted by Gasteiger charge is -2.27. The Balaban J connectivity index is 1.55. The first-order valence-electron chi connectivity index (χ1n) is 9.11. The third-order valence-electron chi connectivity index (χ3n) is 4.77. The summed E-state index contributed by atoms with van der Waals surface area (Å²) >= 11 is 3.11. The van der Waals surface area contributed by atoms with Crippen LogP contribution in [0.1, 0.15) is 47.3 Å². The van der Waals surface area contributed by atoms with E-state index in [1.807, 2.05) is 29.8 Å². The van der Waals surface area contributed by atoms with Crippen LogP contribution in [0.3, 0.4) is 0 Å². The van der Waals surface area contributed by atoms with Gasteiger partial charge in [-0.15, -0.1) is 22.7 Å². The topological polar surface area (TPSA) is 90.7 Å². The highest BCUT2D eigenvalue weighted by Crippen LogP contribution is 2.34. The average Bonchev–Trinajstić information content (AvgIpc) is 3.40. The third-order valence-corrected chi connectivity index (χ3v) is 6.77. The number of thiophene rings is 1. The molecule has 6 nitrogen and oxygen atoms in total. The molecule has 0 aliphatic carbocycles. The Morgan fingerprint density at radius 1 is 1.33 bits per heavy atom. The second kappa shape index (κ2) is 9.05. The summed E-state index contributed by atoms with van der Waals surface area (Å²) in [6, 6.07) is 3.76. The summed E-state index contributed by atoms with van der Waals surface area (Å²) < 4.78 is 0. The second-order valence-electron chi connectivity index (χ2n) is 6.81. The second-order valence-corrected chi connectivity index (χ2v) is 8.73. The fraction of sp³-hybridized carbons (Fsp3) is 0.526. The normalized spacial score (nSPS) is 19.2. The van der Waals surface area contributed by atoms with Gasteiger partial charge in [-0.3, -0.25) is 9.59 Å². The Morgan fingerprint density at radius 3 is 2.81 bits per heavy atom. The lowest BCUT2D eigenvalue weighted by Crippen LogP contribution is -2.47. The van der Waals surface area contributed by atoms with Crippen molar-refractivity contribution in [3.8, 4) is 0 Å². The molecular weight excluding hydrogens is 384 g/mol. The standard InChI is InChI=1S/C19H24N2O4S2/c1-12-11-27-18(20-12)14-7-3-9-21(14)19(25)17(24)16(23)15(22)8-2-5-13-6-4-10-26-13/h4,6,10-11,14,16-17,23-24H,2-3,5,7-9H2,1H3/t14-,16+,17-/m1/s1. The largest absolute Gasteiger partial charge is 0.382 e. The molecule has 3 atom stereocenters. The lowest BCUT2D eigenvalue weighted by molar-refractivity contribution is -0.153. The summed E-state index contributed by atoms with van der Waals surface area (Å²) in [4.78, 5) is 32.0. The number of carbonyl (C=O) groups excluding carboxylic acids is 2. The van der Waals surface area contributed by atoms with Crippen LogP contribution in [0, 0.1) is 6.92 Å². The van der Waals surface area contributed by atoms with Crippen molar-refractivity contribution < 1.29 is 19.8 Å². The van der Waals surface area contributed by atoms with E-state index in [1.165, 1.54) is 16.2 Å². The van der Waals surface area contributed by atoms with Crippen LogP contribution in [0.15, 0.2) is 22.9 Å². The summed E-state index contributed by atoms with van der Waals surface area (Å²) in [5.74, 6) is -1.09. The average molecular weight is 409 g/mol. The van der Waals surface area contributed by atoms with Crippen molar-refractivity contribution in [1.82, 2.24) is 9.88 Å². The summed E-state index contributed by atoms with van der Waals surface area (Å²) in [5, 5.41) is 25.2. The quantitative estimate of drug-likeness (QED) is 0.700. The molecule has 1 aliphatic rings. The van der Waals surface area contributed by atoms with Gasteiger partial charge in [-0.05, 0) is 44.1 Å². The van der Waals surface area contributed by atoms with Gasteiger partial charge in [0.25, 0.3) is 5.91 Å². The van der Waals surface area contributed by atoms with Crippen LogP contribution in [0.5, 0.6) is 0 Å². The van der Waals surface area contributed by atoms with E-state index in [1.54, 1.807) is 16.2 Å². The number of amides is 1. The van der Waals surface area contributed by atoms with Crippen molar-refractivity contribution in [2.45, 2.75) is 57.3 Å². The number of aliphatic hydroxyl groups excluding tert-OH is 2. The lowest BCUT2D eigenvalue weighted by atomic mass is 10.0. The number of ketones is 1. The first kappa shape index (κ1) is 20.1. The fourth-order valence-corrected chi connectivity index (χ4v) is 5.03. The highest BCUT2D eigenvalue weighted by Gasteiger charge is 2.39. The van der Waals surface area contributed by atoms with Crippen molar-refractivity contribution in [1.29, 1.82) is 0 Å². The first-order valence-corrected chi connectivity index (χ1v) is 10.9. The van der Waals surface area contributed by atoms with Crippen LogP contribution in [0.2, 0.25) is 0 Å². The van der Waals surface area contributed by atoms with E-state index in [-0.39, 0.29) is 12.5 Å². The number of rotatable bonds is 8. The number of aryl methyl sites for hydroxylation is 2. The molecule has 0 unspecified atom stereocenters. The maximum Gasteiger partial charge on any atom is 0.255 e. The molecule has 0 bridgehead atoms. The summed E-state index contributed by atoms with van der Waals surface area (Å²) in [6.07, 6.45) is -0.345. The molecule has 1 fully saturated rings. The van der Waals surface area contributed by atoms with Crippen LogP contribution >= 0.6 is 22.7 Å². The molecule has 0 spiro atoms. The summed E-state index contributed by atoms with van der Waals surface area (Å²) in [6.45, 7) is 2.40. The van der Waals surface area contributed by atoms with E-state index in [2.05, 4.69) is 4.98 Å². The molecule has 2 aromatic heterocycles. The number of thiazole rings is 1. The Kier molecular flexibility index (Phi) is 6.75. The molecule has 0 saturated carbocycles. The molecule has 8 heteroatoms. The van der Waals surface area contributed by atoms with E-state index >= 15 is 0 Å². The number of carbonyl (C=O) groups is 2.